The number of H-pyrrole nitrogens is 1. The third-order valence-electron chi connectivity index (χ3n) is 3.01. The van der Waals surface area contributed by atoms with Gasteiger partial charge in [-0.3, -0.25) is 4.57 Å². The summed E-state index contributed by atoms with van der Waals surface area (Å²) in [6, 6.07) is 10.3. The zero-order valence-electron chi connectivity index (χ0n) is 10.8. The van der Waals surface area contributed by atoms with Gasteiger partial charge in [-0.1, -0.05) is 18.2 Å². The maximum Gasteiger partial charge on any atom is 0.343 e. The predicted molar refractivity (Wildman–Crippen MR) is 76.4 cm³/mol. The number of nitrogens with one attached hydrogen (secondary N) is 1. The first kappa shape index (κ1) is 12.8. The van der Waals surface area contributed by atoms with E-state index in [4.69, 9.17) is 0 Å². The molecule has 0 aliphatic rings. The van der Waals surface area contributed by atoms with Gasteiger partial charge in [0, 0.05) is 10.4 Å². The van der Waals surface area contributed by atoms with E-state index < -0.39 is 0 Å². The van der Waals surface area contributed by atoms with Gasteiger partial charge in [0.15, 0.2) is 5.82 Å². The molecule has 0 spiro atoms. The molecule has 1 N–H and O–H groups in total. The largest absolute Gasteiger partial charge is 0.343 e. The Labute approximate surface area is 118 Å². The van der Waals surface area contributed by atoms with E-state index in [0.29, 0.717) is 11.4 Å². The Kier molecular flexibility index (Phi) is 3.23. The lowest BCUT2D eigenvalue weighted by atomic mass is 10.2. The van der Waals surface area contributed by atoms with Crippen molar-refractivity contribution in [2.75, 3.05) is 0 Å². The summed E-state index contributed by atoms with van der Waals surface area (Å²) < 4.78 is 15.2. The average Bonchev–Trinajstić information content (AvgIpc) is 3.00. The van der Waals surface area contributed by atoms with Crippen LogP contribution in [0.4, 0.5) is 4.39 Å². The summed E-state index contributed by atoms with van der Waals surface area (Å²) in [4.78, 5) is 13.9. The topological polar surface area (TPSA) is 50.7 Å². The minimum atomic E-state index is -0.339. The first-order chi connectivity index (χ1) is 9.65. The van der Waals surface area contributed by atoms with E-state index in [2.05, 4.69) is 10.2 Å². The molecule has 2 aromatic heterocycles. The Morgan fingerprint density at radius 3 is 2.80 bits per heavy atom. The Bertz CT molecular complexity index is 803. The fourth-order valence-electron chi connectivity index (χ4n) is 2.00. The Morgan fingerprint density at radius 2 is 2.10 bits per heavy atom. The summed E-state index contributed by atoms with van der Waals surface area (Å²) in [7, 11) is 0. The summed E-state index contributed by atoms with van der Waals surface area (Å²) in [6.45, 7) is 2.15. The number of aromatic nitrogens is 3. The highest BCUT2D eigenvalue weighted by atomic mass is 32.1. The quantitative estimate of drug-likeness (QED) is 0.806. The van der Waals surface area contributed by atoms with Crippen LogP contribution in [0.5, 0.6) is 0 Å². The number of halogens is 1. The van der Waals surface area contributed by atoms with E-state index in [9.17, 15) is 9.18 Å². The minimum Gasteiger partial charge on any atom is -0.270 e. The normalized spacial score (nSPS) is 10.9. The van der Waals surface area contributed by atoms with Gasteiger partial charge in [-0.2, -0.15) is 5.10 Å². The van der Waals surface area contributed by atoms with Crippen LogP contribution in [-0.2, 0) is 6.54 Å². The third-order valence-corrected chi connectivity index (χ3v) is 4.00. The molecule has 0 radical (unpaired) electrons. The summed E-state index contributed by atoms with van der Waals surface area (Å²) in [5.41, 5.74) is 0.125. The van der Waals surface area contributed by atoms with Gasteiger partial charge >= 0.3 is 5.69 Å². The first-order valence-corrected chi connectivity index (χ1v) is 6.92. The molecule has 102 valence electrons. The number of rotatable bonds is 3. The van der Waals surface area contributed by atoms with Crippen LogP contribution in [0.25, 0.3) is 10.7 Å². The molecule has 0 atom stereocenters. The van der Waals surface area contributed by atoms with E-state index in [1.807, 2.05) is 19.1 Å². The highest BCUT2D eigenvalue weighted by Crippen LogP contribution is 2.25. The minimum absolute atomic E-state index is 0.161. The summed E-state index contributed by atoms with van der Waals surface area (Å²) >= 11 is 1.55. The molecule has 0 saturated carbocycles. The van der Waals surface area contributed by atoms with Gasteiger partial charge in [0.25, 0.3) is 0 Å². The van der Waals surface area contributed by atoms with E-state index in [1.165, 1.54) is 10.6 Å². The number of hydrogen-bond acceptors (Lipinski definition) is 3. The van der Waals surface area contributed by atoms with Crippen LogP contribution in [0.15, 0.2) is 41.2 Å². The molecule has 3 aromatic rings. The molecule has 2 heterocycles. The van der Waals surface area contributed by atoms with Gasteiger partial charge in [-0.05, 0) is 25.1 Å². The molecule has 0 aliphatic heterocycles. The van der Waals surface area contributed by atoms with Gasteiger partial charge in [-0.15, -0.1) is 11.3 Å². The Hall–Kier alpha value is -2.21. The summed E-state index contributed by atoms with van der Waals surface area (Å²) in [6.07, 6.45) is 0. The van der Waals surface area contributed by atoms with Gasteiger partial charge in [-0.25, -0.2) is 14.3 Å². The van der Waals surface area contributed by atoms with Gasteiger partial charge < -0.3 is 0 Å². The van der Waals surface area contributed by atoms with Crippen LogP contribution in [0, 0.1) is 12.7 Å². The van der Waals surface area contributed by atoms with Crippen molar-refractivity contribution < 1.29 is 4.39 Å². The number of aryl methyl sites for hydroxylation is 1. The highest BCUT2D eigenvalue weighted by molar-refractivity contribution is 7.15. The van der Waals surface area contributed by atoms with Crippen molar-refractivity contribution in [3.63, 3.8) is 0 Å². The van der Waals surface area contributed by atoms with E-state index in [0.717, 1.165) is 9.75 Å². The second-order valence-corrected chi connectivity index (χ2v) is 5.73. The zero-order chi connectivity index (χ0) is 14.1. The highest BCUT2D eigenvalue weighted by Gasteiger charge is 2.14. The molecular weight excluding hydrogens is 277 g/mol. The molecule has 0 bridgehead atoms. The van der Waals surface area contributed by atoms with Crippen LogP contribution < -0.4 is 5.69 Å². The molecule has 20 heavy (non-hydrogen) atoms. The molecule has 1 aromatic carbocycles. The van der Waals surface area contributed by atoms with E-state index in [-0.39, 0.29) is 18.1 Å². The molecule has 0 amide bonds. The molecule has 0 aliphatic carbocycles. The zero-order valence-corrected chi connectivity index (χ0v) is 11.6. The van der Waals surface area contributed by atoms with Gasteiger partial charge in [0.1, 0.15) is 5.82 Å². The summed E-state index contributed by atoms with van der Waals surface area (Å²) in [5.74, 6) is 0.213. The molecule has 0 saturated heterocycles. The van der Waals surface area contributed by atoms with Crippen LogP contribution in [0.2, 0.25) is 0 Å². The Morgan fingerprint density at radius 1 is 1.30 bits per heavy atom. The van der Waals surface area contributed by atoms with Gasteiger partial charge in [0.2, 0.25) is 0 Å². The van der Waals surface area contributed by atoms with Crippen molar-refractivity contribution >= 4 is 11.3 Å². The number of nitrogens with zero attached hydrogens (tertiary/aromatic N) is 2. The molecular formula is C14H12FN3OS. The molecule has 0 fully saturated rings. The monoisotopic (exact) mass is 289 g/mol. The molecule has 3 rings (SSSR count). The Balaban J connectivity index is 2.04. The molecule has 0 unspecified atom stereocenters. The van der Waals surface area contributed by atoms with Crippen molar-refractivity contribution in [1.82, 2.24) is 14.8 Å². The first-order valence-electron chi connectivity index (χ1n) is 6.10. The van der Waals surface area contributed by atoms with Crippen LogP contribution in [0.1, 0.15) is 10.4 Å². The fraction of sp³-hybridized carbons (Fsp3) is 0.143. The van der Waals surface area contributed by atoms with Crippen molar-refractivity contribution in [3.05, 3.63) is 63.1 Å². The van der Waals surface area contributed by atoms with Crippen molar-refractivity contribution in [2.24, 2.45) is 0 Å². The number of hydrogen-bond donors (Lipinski definition) is 1. The SMILES string of the molecule is Cc1ccc(-c2n[nH]c(=O)n2Cc2ccccc2F)s1. The lowest BCUT2D eigenvalue weighted by molar-refractivity contribution is 0.597. The summed E-state index contributed by atoms with van der Waals surface area (Å²) in [5, 5.41) is 6.46. The number of aromatic amines is 1. The van der Waals surface area contributed by atoms with E-state index in [1.54, 1.807) is 29.5 Å². The molecule has 4 nitrogen and oxygen atoms in total. The standard InChI is InChI=1S/C14H12FN3OS/c1-9-6-7-12(20-9)13-16-17-14(19)18(13)8-10-4-2-3-5-11(10)15/h2-7H,8H2,1H3,(H,17,19). The lowest BCUT2D eigenvalue weighted by Gasteiger charge is -2.05. The fourth-order valence-corrected chi connectivity index (χ4v) is 2.87. The van der Waals surface area contributed by atoms with Crippen molar-refractivity contribution in [1.29, 1.82) is 0 Å². The third kappa shape index (κ3) is 2.30. The smallest absolute Gasteiger partial charge is 0.270 e. The van der Waals surface area contributed by atoms with Crippen LogP contribution in [-0.4, -0.2) is 14.8 Å². The van der Waals surface area contributed by atoms with Crippen molar-refractivity contribution in [3.8, 4) is 10.7 Å². The second kappa shape index (κ2) is 5.05. The molecule has 6 heteroatoms. The van der Waals surface area contributed by atoms with Gasteiger partial charge in [0.05, 0.1) is 11.4 Å². The second-order valence-electron chi connectivity index (χ2n) is 4.44. The maximum absolute atomic E-state index is 13.7. The predicted octanol–water partition coefficient (Wildman–Crippen LogP) is 2.80. The number of thiophene rings is 1. The number of benzene rings is 1. The van der Waals surface area contributed by atoms with E-state index >= 15 is 0 Å². The van der Waals surface area contributed by atoms with Crippen molar-refractivity contribution in [2.45, 2.75) is 13.5 Å². The lowest BCUT2D eigenvalue weighted by Crippen LogP contribution is -2.18. The van der Waals surface area contributed by atoms with Crippen LogP contribution in [0.3, 0.4) is 0 Å². The maximum atomic E-state index is 13.7. The average molecular weight is 289 g/mol. The van der Waals surface area contributed by atoms with Crippen LogP contribution >= 0.6 is 11.3 Å².